The molecule has 20 heavy (non-hydrogen) atoms. The van der Waals surface area contributed by atoms with Crippen LogP contribution >= 0.6 is 27.7 Å². The first-order chi connectivity index (χ1) is 9.43. The Kier molecular flexibility index (Phi) is 7.04. The Hall–Kier alpha value is -0.0400. The minimum Gasteiger partial charge on any atom is -0.210 e. The number of benzene rings is 1. The first kappa shape index (κ1) is 18.0. The summed E-state index contributed by atoms with van der Waals surface area (Å²) in [5.41, 5.74) is 1.06. The molecule has 0 fully saturated rings. The summed E-state index contributed by atoms with van der Waals surface area (Å²) in [6, 6.07) is 6.95. The maximum absolute atomic E-state index is 12.3. The Labute approximate surface area is 135 Å². The highest BCUT2D eigenvalue weighted by molar-refractivity contribution is 9.08. The molecule has 0 radical (unpaired) electrons. The number of hydrogen-bond donors (Lipinski definition) is 1. The van der Waals surface area contributed by atoms with Crippen molar-refractivity contribution in [2.75, 3.05) is 12.8 Å². The average molecular weight is 380 g/mol. The van der Waals surface area contributed by atoms with Gasteiger partial charge in [0.25, 0.3) is 0 Å². The fourth-order valence-electron chi connectivity index (χ4n) is 1.93. The summed E-state index contributed by atoms with van der Waals surface area (Å²) in [5, 5.41) is 0.724. The van der Waals surface area contributed by atoms with E-state index in [2.05, 4.69) is 34.5 Å². The van der Waals surface area contributed by atoms with Crippen molar-refractivity contribution in [3.63, 3.8) is 0 Å². The minimum atomic E-state index is -3.43. The number of sulfonamides is 1. The van der Waals surface area contributed by atoms with Crippen molar-refractivity contribution < 1.29 is 8.42 Å². The summed E-state index contributed by atoms with van der Waals surface area (Å²) in [6.07, 6.45) is 3.91. The molecule has 0 aromatic heterocycles. The molecule has 1 aromatic carbocycles. The van der Waals surface area contributed by atoms with Crippen LogP contribution in [-0.2, 0) is 15.4 Å². The quantitative estimate of drug-likeness (QED) is 0.698. The van der Waals surface area contributed by atoms with Crippen LogP contribution in [0.25, 0.3) is 0 Å². The van der Waals surface area contributed by atoms with Crippen LogP contribution in [-0.4, -0.2) is 26.0 Å². The zero-order valence-electron chi connectivity index (χ0n) is 12.1. The van der Waals surface area contributed by atoms with Gasteiger partial charge < -0.3 is 0 Å². The fourth-order valence-corrected chi connectivity index (χ4v) is 4.31. The lowest BCUT2D eigenvalue weighted by Crippen LogP contribution is -2.39. The number of hydrogen-bond acceptors (Lipinski definition) is 3. The molecule has 0 spiro atoms. The van der Waals surface area contributed by atoms with E-state index in [0.29, 0.717) is 11.4 Å². The third-order valence-corrected chi connectivity index (χ3v) is 7.35. The lowest BCUT2D eigenvalue weighted by molar-refractivity contribution is 0.522. The first-order valence-corrected chi connectivity index (χ1v) is 10.5. The van der Waals surface area contributed by atoms with Crippen molar-refractivity contribution in [1.29, 1.82) is 0 Å². The van der Waals surface area contributed by atoms with Gasteiger partial charge in [-0.05, 0) is 36.8 Å². The minimum absolute atomic E-state index is 0.0249. The number of alkyl halides is 1. The molecule has 0 aliphatic heterocycles. The van der Waals surface area contributed by atoms with Crippen LogP contribution in [0.5, 0.6) is 0 Å². The van der Waals surface area contributed by atoms with E-state index in [4.69, 9.17) is 0 Å². The Morgan fingerprint density at radius 2 is 1.75 bits per heavy atom. The van der Waals surface area contributed by atoms with Crippen molar-refractivity contribution in [2.24, 2.45) is 0 Å². The van der Waals surface area contributed by atoms with Gasteiger partial charge in [-0.25, -0.2) is 13.1 Å². The second-order valence-electron chi connectivity index (χ2n) is 4.70. The topological polar surface area (TPSA) is 46.2 Å². The van der Waals surface area contributed by atoms with Crippen LogP contribution in [0.3, 0.4) is 0 Å². The molecule has 0 heterocycles. The van der Waals surface area contributed by atoms with Crippen molar-refractivity contribution in [3.8, 4) is 0 Å². The van der Waals surface area contributed by atoms with Crippen LogP contribution in [0.2, 0.25) is 0 Å². The molecule has 0 atom stereocenters. The fraction of sp³-hybridized carbons (Fsp3) is 0.571. The van der Waals surface area contributed by atoms with Gasteiger partial charge in [0.15, 0.2) is 0 Å². The number of nitrogens with one attached hydrogen (secondary N) is 1. The molecule has 1 aromatic rings. The Morgan fingerprint density at radius 3 is 2.15 bits per heavy atom. The van der Waals surface area contributed by atoms with Crippen LogP contribution in [0.4, 0.5) is 0 Å². The van der Waals surface area contributed by atoms with Gasteiger partial charge in [-0.2, -0.15) is 11.8 Å². The monoisotopic (exact) mass is 379 g/mol. The molecular weight excluding hydrogens is 358 g/mol. The molecule has 0 aliphatic rings. The summed E-state index contributed by atoms with van der Waals surface area (Å²) in [4.78, 5) is 0.324. The molecular formula is C14H22BrNO2S2. The first-order valence-electron chi connectivity index (χ1n) is 6.62. The highest BCUT2D eigenvalue weighted by atomic mass is 79.9. The van der Waals surface area contributed by atoms with Crippen LogP contribution in [0.1, 0.15) is 32.3 Å². The summed E-state index contributed by atoms with van der Waals surface area (Å²) >= 11 is 5.08. The predicted octanol–water partition coefficient (Wildman–Crippen LogP) is 3.78. The zero-order valence-corrected chi connectivity index (χ0v) is 15.4. The standard InChI is InChI=1S/C14H22BrNO2S2/c1-4-14(5-2,19-3)11-16-20(17,18)13-8-6-12(10-15)7-9-13/h6-9,16H,4-5,10-11H2,1-3H3. The van der Waals surface area contributed by atoms with E-state index in [1.165, 1.54) is 0 Å². The number of thioether (sulfide) groups is 1. The highest BCUT2D eigenvalue weighted by Gasteiger charge is 2.27. The third kappa shape index (κ3) is 4.48. The van der Waals surface area contributed by atoms with Crippen molar-refractivity contribution >= 4 is 37.7 Å². The van der Waals surface area contributed by atoms with Crippen molar-refractivity contribution in [1.82, 2.24) is 4.72 Å². The second kappa shape index (κ2) is 7.82. The molecule has 6 heteroatoms. The van der Waals surface area contributed by atoms with Gasteiger partial charge in [0.05, 0.1) is 4.90 Å². The molecule has 1 N–H and O–H groups in total. The van der Waals surface area contributed by atoms with E-state index >= 15 is 0 Å². The predicted molar refractivity (Wildman–Crippen MR) is 91.1 cm³/mol. The van der Waals surface area contributed by atoms with Gasteiger partial charge in [-0.3, -0.25) is 0 Å². The largest absolute Gasteiger partial charge is 0.240 e. The normalized spacial score (nSPS) is 12.6. The van der Waals surface area contributed by atoms with Crippen molar-refractivity contribution in [2.45, 2.75) is 41.7 Å². The Morgan fingerprint density at radius 1 is 1.20 bits per heavy atom. The Bertz CT molecular complexity index is 502. The molecule has 0 aliphatic carbocycles. The molecule has 114 valence electrons. The summed E-state index contributed by atoms with van der Waals surface area (Å²) < 4.78 is 27.3. The maximum Gasteiger partial charge on any atom is 0.240 e. The zero-order chi connectivity index (χ0) is 15.2. The van der Waals surface area contributed by atoms with Crippen LogP contribution in [0.15, 0.2) is 29.2 Å². The molecule has 0 saturated heterocycles. The van der Waals surface area contributed by atoms with Gasteiger partial charge in [0.1, 0.15) is 0 Å². The van der Waals surface area contributed by atoms with E-state index in [-0.39, 0.29) is 4.75 Å². The summed E-state index contributed by atoms with van der Waals surface area (Å²) in [6.45, 7) is 4.65. The van der Waals surface area contributed by atoms with Gasteiger partial charge in [0.2, 0.25) is 10.0 Å². The molecule has 3 nitrogen and oxygen atoms in total. The van der Waals surface area contributed by atoms with Crippen LogP contribution in [0, 0.1) is 0 Å². The summed E-state index contributed by atoms with van der Waals surface area (Å²) in [5.74, 6) is 0. The second-order valence-corrected chi connectivity index (χ2v) is 8.30. The van der Waals surface area contributed by atoms with Gasteiger partial charge >= 0.3 is 0 Å². The number of rotatable bonds is 8. The van der Waals surface area contributed by atoms with Gasteiger partial charge in [-0.1, -0.05) is 41.9 Å². The van der Waals surface area contributed by atoms with E-state index in [0.717, 1.165) is 23.7 Å². The van der Waals surface area contributed by atoms with Gasteiger partial charge in [0, 0.05) is 16.6 Å². The SMILES string of the molecule is CCC(CC)(CNS(=O)(=O)c1ccc(CBr)cc1)SC. The van der Waals surface area contributed by atoms with Gasteiger partial charge in [-0.15, -0.1) is 0 Å². The van der Waals surface area contributed by atoms with E-state index in [1.807, 2.05) is 18.4 Å². The summed E-state index contributed by atoms with van der Waals surface area (Å²) in [7, 11) is -3.43. The molecule has 1 rings (SSSR count). The van der Waals surface area contributed by atoms with Crippen LogP contribution < -0.4 is 4.72 Å². The lowest BCUT2D eigenvalue weighted by Gasteiger charge is -2.29. The third-order valence-electron chi connectivity index (χ3n) is 3.69. The molecule has 0 saturated carbocycles. The van der Waals surface area contributed by atoms with E-state index < -0.39 is 10.0 Å². The average Bonchev–Trinajstić information content (AvgIpc) is 2.49. The molecule has 0 unspecified atom stereocenters. The lowest BCUT2D eigenvalue weighted by atomic mass is 10.0. The molecule has 0 bridgehead atoms. The van der Waals surface area contributed by atoms with E-state index in [9.17, 15) is 8.42 Å². The van der Waals surface area contributed by atoms with E-state index in [1.54, 1.807) is 23.9 Å². The number of halogens is 1. The van der Waals surface area contributed by atoms with Crippen molar-refractivity contribution in [3.05, 3.63) is 29.8 Å². The Balaban J connectivity index is 2.84. The maximum atomic E-state index is 12.3. The highest BCUT2D eigenvalue weighted by Crippen LogP contribution is 2.30. The smallest absolute Gasteiger partial charge is 0.210 e. The molecule has 0 amide bonds.